The summed E-state index contributed by atoms with van der Waals surface area (Å²) in [5.41, 5.74) is 1.24. The van der Waals surface area contributed by atoms with Gasteiger partial charge in [-0.1, -0.05) is 37.3 Å². The van der Waals surface area contributed by atoms with Crippen molar-refractivity contribution in [3.63, 3.8) is 0 Å². The summed E-state index contributed by atoms with van der Waals surface area (Å²) in [6.45, 7) is 2.89. The second-order valence-corrected chi connectivity index (χ2v) is 5.50. The van der Waals surface area contributed by atoms with Crippen LogP contribution in [0.15, 0.2) is 45.8 Å². The quantitative estimate of drug-likeness (QED) is 0.839. The first-order valence-corrected chi connectivity index (χ1v) is 7.65. The maximum absolute atomic E-state index is 12.0. The van der Waals surface area contributed by atoms with E-state index in [4.69, 9.17) is 0 Å². The lowest BCUT2D eigenvalue weighted by atomic mass is 10.1. The lowest BCUT2D eigenvalue weighted by molar-refractivity contribution is 0.191. The van der Waals surface area contributed by atoms with E-state index in [1.165, 1.54) is 4.68 Å². The molecule has 0 saturated heterocycles. The van der Waals surface area contributed by atoms with E-state index in [-0.39, 0.29) is 5.56 Å². The van der Waals surface area contributed by atoms with Crippen LogP contribution in [-0.4, -0.2) is 21.4 Å². The van der Waals surface area contributed by atoms with Gasteiger partial charge in [0.05, 0.1) is 18.0 Å². The highest BCUT2D eigenvalue weighted by Crippen LogP contribution is 2.18. The smallest absolute Gasteiger partial charge is 0.283 e. The van der Waals surface area contributed by atoms with Crippen molar-refractivity contribution in [1.82, 2.24) is 9.78 Å². The van der Waals surface area contributed by atoms with E-state index in [9.17, 15) is 9.90 Å². The molecule has 1 atom stereocenters. The number of benzene rings is 1. The largest absolute Gasteiger partial charge is 0.387 e. The average Bonchev–Trinajstić information content (AvgIpc) is 2.52. The SMILES string of the molecule is CCCn1ncc(NCC(O)c2ccccc2)c(Br)c1=O. The van der Waals surface area contributed by atoms with Crippen LogP contribution < -0.4 is 10.9 Å². The maximum Gasteiger partial charge on any atom is 0.283 e. The predicted octanol–water partition coefficient (Wildman–Crippen LogP) is 2.56. The summed E-state index contributed by atoms with van der Waals surface area (Å²) in [5, 5.41) is 17.3. The summed E-state index contributed by atoms with van der Waals surface area (Å²) in [7, 11) is 0. The number of nitrogens with one attached hydrogen (secondary N) is 1. The minimum absolute atomic E-state index is 0.170. The van der Waals surface area contributed by atoms with Crippen LogP contribution in [0.2, 0.25) is 0 Å². The highest BCUT2D eigenvalue weighted by molar-refractivity contribution is 9.10. The van der Waals surface area contributed by atoms with Gasteiger partial charge >= 0.3 is 0 Å². The van der Waals surface area contributed by atoms with Gasteiger partial charge in [-0.2, -0.15) is 5.10 Å². The molecular formula is C15H18BrN3O2. The lowest BCUT2D eigenvalue weighted by Crippen LogP contribution is -2.25. The first kappa shape index (κ1) is 15.7. The van der Waals surface area contributed by atoms with Gasteiger partial charge in [0.15, 0.2) is 0 Å². The van der Waals surface area contributed by atoms with Crippen molar-refractivity contribution in [3.8, 4) is 0 Å². The fourth-order valence-electron chi connectivity index (χ4n) is 1.96. The predicted molar refractivity (Wildman–Crippen MR) is 86.4 cm³/mol. The molecule has 0 spiro atoms. The van der Waals surface area contributed by atoms with E-state index >= 15 is 0 Å². The summed E-state index contributed by atoms with van der Waals surface area (Å²) in [5.74, 6) is 0. The van der Waals surface area contributed by atoms with Crippen molar-refractivity contribution in [2.45, 2.75) is 26.0 Å². The minimum Gasteiger partial charge on any atom is -0.387 e. The Bertz CT molecular complexity index is 643. The highest BCUT2D eigenvalue weighted by atomic mass is 79.9. The third-order valence-electron chi connectivity index (χ3n) is 3.09. The summed E-state index contributed by atoms with van der Waals surface area (Å²) in [4.78, 5) is 12.0. The van der Waals surface area contributed by atoms with Crippen molar-refractivity contribution in [2.75, 3.05) is 11.9 Å². The zero-order valence-corrected chi connectivity index (χ0v) is 13.4. The average molecular weight is 352 g/mol. The van der Waals surface area contributed by atoms with Gasteiger partial charge in [-0.15, -0.1) is 0 Å². The van der Waals surface area contributed by atoms with E-state index in [1.54, 1.807) is 6.20 Å². The highest BCUT2D eigenvalue weighted by Gasteiger charge is 2.11. The number of nitrogens with zero attached hydrogens (tertiary/aromatic N) is 2. The maximum atomic E-state index is 12.0. The van der Waals surface area contributed by atoms with Crippen LogP contribution in [0.5, 0.6) is 0 Å². The molecular weight excluding hydrogens is 334 g/mol. The Hall–Kier alpha value is -1.66. The summed E-state index contributed by atoms with van der Waals surface area (Å²) in [6.07, 6.45) is 1.80. The molecule has 1 heterocycles. The summed E-state index contributed by atoms with van der Waals surface area (Å²) in [6, 6.07) is 9.37. The number of aliphatic hydroxyl groups is 1. The Balaban J connectivity index is 2.07. The normalized spacial score (nSPS) is 12.1. The van der Waals surface area contributed by atoms with Crippen LogP contribution in [0, 0.1) is 0 Å². The number of hydrogen-bond donors (Lipinski definition) is 2. The van der Waals surface area contributed by atoms with Crippen molar-refractivity contribution in [3.05, 3.63) is 56.9 Å². The molecule has 6 heteroatoms. The van der Waals surface area contributed by atoms with Crippen LogP contribution in [0.3, 0.4) is 0 Å². The zero-order chi connectivity index (χ0) is 15.2. The minimum atomic E-state index is -0.642. The van der Waals surface area contributed by atoms with Gasteiger partial charge < -0.3 is 10.4 Å². The number of aromatic nitrogens is 2. The number of anilines is 1. The van der Waals surface area contributed by atoms with Crippen LogP contribution in [0.25, 0.3) is 0 Å². The fraction of sp³-hybridized carbons (Fsp3) is 0.333. The Morgan fingerprint density at radius 2 is 2.10 bits per heavy atom. The molecule has 1 aromatic heterocycles. The molecule has 0 fully saturated rings. The lowest BCUT2D eigenvalue weighted by Gasteiger charge is -2.14. The van der Waals surface area contributed by atoms with E-state index < -0.39 is 6.10 Å². The van der Waals surface area contributed by atoms with Crippen LogP contribution >= 0.6 is 15.9 Å². The molecule has 0 amide bonds. The molecule has 0 aliphatic carbocycles. The van der Waals surface area contributed by atoms with Gasteiger partial charge in [-0.3, -0.25) is 4.79 Å². The molecule has 0 aliphatic rings. The first-order chi connectivity index (χ1) is 10.1. The fourth-order valence-corrected chi connectivity index (χ4v) is 2.41. The third kappa shape index (κ3) is 3.92. The monoisotopic (exact) mass is 351 g/mol. The standard InChI is InChI=1S/C15H18BrN3O2/c1-2-8-19-15(21)14(16)12(9-18-19)17-10-13(20)11-6-4-3-5-7-11/h3-7,9,13,17,20H,2,8,10H2,1H3. The van der Waals surface area contributed by atoms with Crippen LogP contribution in [-0.2, 0) is 6.54 Å². The van der Waals surface area contributed by atoms with Gasteiger partial charge in [0.2, 0.25) is 0 Å². The third-order valence-corrected chi connectivity index (χ3v) is 3.86. The second kappa shape index (κ2) is 7.38. The number of rotatable bonds is 6. The topological polar surface area (TPSA) is 67.2 Å². The molecule has 21 heavy (non-hydrogen) atoms. The number of aryl methyl sites for hydroxylation is 1. The van der Waals surface area contributed by atoms with E-state index in [0.717, 1.165) is 12.0 Å². The Morgan fingerprint density at radius 1 is 1.38 bits per heavy atom. The molecule has 2 N–H and O–H groups in total. The van der Waals surface area contributed by atoms with Gasteiger partial charge in [-0.25, -0.2) is 4.68 Å². The van der Waals surface area contributed by atoms with E-state index in [1.807, 2.05) is 37.3 Å². The molecule has 5 nitrogen and oxygen atoms in total. The molecule has 2 aromatic rings. The number of aliphatic hydroxyl groups excluding tert-OH is 1. The molecule has 2 rings (SSSR count). The number of hydrogen-bond acceptors (Lipinski definition) is 4. The Morgan fingerprint density at radius 3 is 2.76 bits per heavy atom. The molecule has 112 valence electrons. The van der Waals surface area contributed by atoms with Crippen molar-refractivity contribution in [2.24, 2.45) is 0 Å². The van der Waals surface area contributed by atoms with E-state index in [0.29, 0.717) is 23.2 Å². The molecule has 0 aliphatic heterocycles. The first-order valence-electron chi connectivity index (χ1n) is 6.86. The molecule has 0 radical (unpaired) electrons. The molecule has 1 aromatic carbocycles. The molecule has 0 bridgehead atoms. The summed E-state index contributed by atoms with van der Waals surface area (Å²) >= 11 is 3.29. The zero-order valence-electron chi connectivity index (χ0n) is 11.8. The van der Waals surface area contributed by atoms with Gasteiger partial charge in [0.25, 0.3) is 5.56 Å². The van der Waals surface area contributed by atoms with Crippen LogP contribution in [0.4, 0.5) is 5.69 Å². The molecule has 0 saturated carbocycles. The van der Waals surface area contributed by atoms with Crippen molar-refractivity contribution >= 4 is 21.6 Å². The summed E-state index contributed by atoms with van der Waals surface area (Å²) < 4.78 is 1.86. The van der Waals surface area contributed by atoms with Gasteiger partial charge in [-0.05, 0) is 27.9 Å². The van der Waals surface area contributed by atoms with Gasteiger partial charge in [0.1, 0.15) is 4.47 Å². The van der Waals surface area contributed by atoms with Crippen molar-refractivity contribution in [1.29, 1.82) is 0 Å². The van der Waals surface area contributed by atoms with E-state index in [2.05, 4.69) is 26.3 Å². The van der Waals surface area contributed by atoms with Gasteiger partial charge in [0, 0.05) is 13.1 Å². The second-order valence-electron chi connectivity index (χ2n) is 4.71. The van der Waals surface area contributed by atoms with Crippen LogP contribution in [0.1, 0.15) is 25.0 Å². The number of halogens is 1. The Kier molecular flexibility index (Phi) is 5.52. The molecule has 1 unspecified atom stereocenters. The Labute approximate surface area is 131 Å². The van der Waals surface area contributed by atoms with Crippen molar-refractivity contribution < 1.29 is 5.11 Å².